The van der Waals surface area contributed by atoms with Gasteiger partial charge < -0.3 is 0 Å². The second-order valence-corrected chi connectivity index (χ2v) is 4.19. The topological polar surface area (TPSA) is 38.0 Å². The first-order chi connectivity index (χ1) is 5.74. The first-order valence-corrected chi connectivity index (χ1v) is 5.16. The summed E-state index contributed by atoms with van der Waals surface area (Å²) in [6, 6.07) is 2.44. The summed E-state index contributed by atoms with van der Waals surface area (Å²) in [6.45, 7) is 4.41. The van der Waals surface area contributed by atoms with E-state index in [2.05, 4.69) is 36.1 Å². The Balaban J connectivity index is 2.57. The first kappa shape index (κ1) is 9.71. The summed E-state index contributed by atoms with van der Waals surface area (Å²) in [5.41, 5.74) is 4.14. The Hall–Kier alpha value is -0.380. The summed E-state index contributed by atoms with van der Waals surface area (Å²) in [4.78, 5) is 0. The SMILES string of the molecule is CC(C)CC(NN)c1ccsc1. The van der Waals surface area contributed by atoms with E-state index in [0.29, 0.717) is 12.0 Å². The zero-order chi connectivity index (χ0) is 8.97. The van der Waals surface area contributed by atoms with Gasteiger partial charge in [0, 0.05) is 6.04 Å². The lowest BCUT2D eigenvalue weighted by Gasteiger charge is -2.16. The highest BCUT2D eigenvalue weighted by Gasteiger charge is 2.10. The van der Waals surface area contributed by atoms with E-state index in [1.54, 1.807) is 11.3 Å². The van der Waals surface area contributed by atoms with Crippen LogP contribution in [0.1, 0.15) is 31.9 Å². The lowest BCUT2D eigenvalue weighted by atomic mass is 10.00. The monoisotopic (exact) mass is 184 g/mol. The molecule has 0 aliphatic carbocycles. The van der Waals surface area contributed by atoms with Crippen LogP contribution in [0.25, 0.3) is 0 Å². The van der Waals surface area contributed by atoms with Gasteiger partial charge in [0.05, 0.1) is 0 Å². The molecule has 3 N–H and O–H groups in total. The number of hydrazine groups is 1. The van der Waals surface area contributed by atoms with E-state index >= 15 is 0 Å². The number of nitrogens with two attached hydrogens (primary N) is 1. The van der Waals surface area contributed by atoms with Gasteiger partial charge in [-0.05, 0) is 34.7 Å². The summed E-state index contributed by atoms with van der Waals surface area (Å²) in [5.74, 6) is 6.14. The molecule has 0 aliphatic heterocycles. The molecule has 1 aromatic rings. The summed E-state index contributed by atoms with van der Waals surface area (Å²) < 4.78 is 0. The second-order valence-electron chi connectivity index (χ2n) is 3.41. The van der Waals surface area contributed by atoms with Crippen molar-refractivity contribution in [2.45, 2.75) is 26.3 Å². The van der Waals surface area contributed by atoms with Crippen molar-refractivity contribution >= 4 is 11.3 Å². The number of thiophene rings is 1. The third-order valence-electron chi connectivity index (χ3n) is 1.85. The van der Waals surface area contributed by atoms with Crippen LogP contribution in [-0.4, -0.2) is 0 Å². The maximum atomic E-state index is 5.47. The number of hydrogen-bond acceptors (Lipinski definition) is 3. The second kappa shape index (κ2) is 4.60. The maximum absolute atomic E-state index is 5.47. The predicted octanol–water partition coefficient (Wildman–Crippen LogP) is 2.30. The summed E-state index contributed by atoms with van der Waals surface area (Å²) in [7, 11) is 0. The summed E-state index contributed by atoms with van der Waals surface area (Å²) in [6.07, 6.45) is 1.09. The zero-order valence-corrected chi connectivity index (χ0v) is 8.40. The van der Waals surface area contributed by atoms with Crippen LogP contribution in [0.3, 0.4) is 0 Å². The standard InChI is InChI=1S/C9H16N2S/c1-7(2)5-9(11-10)8-3-4-12-6-8/h3-4,6-7,9,11H,5,10H2,1-2H3. The highest BCUT2D eigenvalue weighted by molar-refractivity contribution is 7.07. The molecule has 0 fully saturated rings. The third-order valence-corrected chi connectivity index (χ3v) is 2.56. The molecule has 0 radical (unpaired) electrons. The van der Waals surface area contributed by atoms with Crippen molar-refractivity contribution in [2.75, 3.05) is 0 Å². The van der Waals surface area contributed by atoms with Gasteiger partial charge in [0.1, 0.15) is 0 Å². The molecule has 0 spiro atoms. The van der Waals surface area contributed by atoms with Gasteiger partial charge in [0.2, 0.25) is 0 Å². The van der Waals surface area contributed by atoms with Crippen LogP contribution in [0, 0.1) is 5.92 Å². The summed E-state index contributed by atoms with van der Waals surface area (Å²) >= 11 is 1.71. The lowest BCUT2D eigenvalue weighted by Crippen LogP contribution is -2.28. The van der Waals surface area contributed by atoms with Crippen LogP contribution in [-0.2, 0) is 0 Å². The molecule has 68 valence electrons. The molecule has 1 aromatic heterocycles. The average molecular weight is 184 g/mol. The van der Waals surface area contributed by atoms with Gasteiger partial charge in [0.25, 0.3) is 0 Å². The first-order valence-electron chi connectivity index (χ1n) is 4.22. The van der Waals surface area contributed by atoms with Crippen molar-refractivity contribution in [2.24, 2.45) is 11.8 Å². The fourth-order valence-electron chi connectivity index (χ4n) is 1.25. The van der Waals surface area contributed by atoms with E-state index in [1.807, 2.05) is 0 Å². The minimum absolute atomic E-state index is 0.316. The fourth-order valence-corrected chi connectivity index (χ4v) is 1.96. The Kier molecular flexibility index (Phi) is 3.72. The minimum Gasteiger partial charge on any atom is -0.271 e. The summed E-state index contributed by atoms with van der Waals surface area (Å²) in [5, 5.41) is 4.23. The molecule has 0 amide bonds. The van der Waals surface area contributed by atoms with Gasteiger partial charge in [-0.25, -0.2) is 0 Å². The number of nitrogens with one attached hydrogen (secondary N) is 1. The fraction of sp³-hybridized carbons (Fsp3) is 0.556. The van der Waals surface area contributed by atoms with Gasteiger partial charge in [-0.15, -0.1) is 0 Å². The van der Waals surface area contributed by atoms with Crippen LogP contribution in [0.15, 0.2) is 16.8 Å². The largest absolute Gasteiger partial charge is 0.271 e. The normalized spacial score (nSPS) is 13.7. The highest BCUT2D eigenvalue weighted by Crippen LogP contribution is 2.22. The van der Waals surface area contributed by atoms with E-state index < -0.39 is 0 Å². The molecule has 0 bridgehead atoms. The molecule has 12 heavy (non-hydrogen) atoms. The van der Waals surface area contributed by atoms with Crippen molar-refractivity contribution in [3.63, 3.8) is 0 Å². The predicted molar refractivity (Wildman–Crippen MR) is 53.8 cm³/mol. The van der Waals surface area contributed by atoms with Crippen molar-refractivity contribution in [3.05, 3.63) is 22.4 Å². The number of hydrogen-bond donors (Lipinski definition) is 2. The zero-order valence-electron chi connectivity index (χ0n) is 7.58. The maximum Gasteiger partial charge on any atom is 0.0470 e. The van der Waals surface area contributed by atoms with Crippen molar-refractivity contribution in [1.82, 2.24) is 5.43 Å². The molecule has 0 aliphatic rings. The van der Waals surface area contributed by atoms with E-state index in [0.717, 1.165) is 6.42 Å². The molecule has 1 unspecified atom stereocenters. The van der Waals surface area contributed by atoms with E-state index in [-0.39, 0.29) is 0 Å². The van der Waals surface area contributed by atoms with Crippen LogP contribution >= 0.6 is 11.3 Å². The Bertz CT molecular complexity index is 206. The number of rotatable bonds is 4. The van der Waals surface area contributed by atoms with Crippen LogP contribution in [0.2, 0.25) is 0 Å². The molecule has 0 saturated carbocycles. The Labute approximate surface area is 77.8 Å². The molecule has 3 heteroatoms. The molecular weight excluding hydrogens is 168 g/mol. The third kappa shape index (κ3) is 2.59. The minimum atomic E-state index is 0.316. The van der Waals surface area contributed by atoms with E-state index in [9.17, 15) is 0 Å². The van der Waals surface area contributed by atoms with E-state index in [1.165, 1.54) is 5.56 Å². The lowest BCUT2D eigenvalue weighted by molar-refractivity contribution is 0.439. The Morgan fingerprint density at radius 1 is 1.58 bits per heavy atom. The quantitative estimate of drug-likeness (QED) is 0.556. The Morgan fingerprint density at radius 3 is 2.75 bits per heavy atom. The van der Waals surface area contributed by atoms with Gasteiger partial charge in [-0.2, -0.15) is 11.3 Å². The van der Waals surface area contributed by atoms with Crippen LogP contribution < -0.4 is 11.3 Å². The van der Waals surface area contributed by atoms with Crippen molar-refractivity contribution in [3.8, 4) is 0 Å². The van der Waals surface area contributed by atoms with Crippen molar-refractivity contribution < 1.29 is 0 Å². The highest BCUT2D eigenvalue weighted by atomic mass is 32.1. The Morgan fingerprint density at radius 2 is 2.33 bits per heavy atom. The molecule has 1 atom stereocenters. The van der Waals surface area contributed by atoms with Crippen LogP contribution in [0.5, 0.6) is 0 Å². The molecule has 1 heterocycles. The molecule has 0 aromatic carbocycles. The molecule has 2 nitrogen and oxygen atoms in total. The average Bonchev–Trinajstić information content (AvgIpc) is 2.51. The van der Waals surface area contributed by atoms with E-state index in [4.69, 9.17) is 5.84 Å². The molecule has 1 rings (SSSR count). The molecular formula is C9H16N2S. The van der Waals surface area contributed by atoms with Gasteiger partial charge in [-0.3, -0.25) is 11.3 Å². The van der Waals surface area contributed by atoms with Gasteiger partial charge in [0.15, 0.2) is 0 Å². The van der Waals surface area contributed by atoms with Gasteiger partial charge in [-0.1, -0.05) is 13.8 Å². The van der Waals surface area contributed by atoms with Gasteiger partial charge >= 0.3 is 0 Å². The van der Waals surface area contributed by atoms with Crippen LogP contribution in [0.4, 0.5) is 0 Å². The molecule has 0 saturated heterocycles. The smallest absolute Gasteiger partial charge is 0.0470 e. The van der Waals surface area contributed by atoms with Crippen molar-refractivity contribution in [1.29, 1.82) is 0 Å².